The Hall–Kier alpha value is -2.80. The van der Waals surface area contributed by atoms with E-state index in [-0.39, 0.29) is 23.3 Å². The predicted molar refractivity (Wildman–Crippen MR) is 108 cm³/mol. The molecule has 1 aliphatic heterocycles. The van der Waals surface area contributed by atoms with E-state index < -0.39 is 11.7 Å². The van der Waals surface area contributed by atoms with Gasteiger partial charge in [0.2, 0.25) is 11.8 Å². The van der Waals surface area contributed by atoms with Crippen LogP contribution in [0.4, 0.5) is 10.1 Å². The van der Waals surface area contributed by atoms with Gasteiger partial charge >= 0.3 is 0 Å². The first-order valence-electron chi connectivity index (χ1n) is 9.16. The van der Waals surface area contributed by atoms with Gasteiger partial charge in [-0.15, -0.1) is 0 Å². The number of carbonyl (C=O) groups excluding carboxylic acids is 2. The molecule has 0 aromatic heterocycles. The number of methoxy groups -OCH3 is 2. The maximum Gasteiger partial charge on any atom is 0.229 e. The molecule has 2 aromatic rings. The molecule has 2 aromatic carbocycles. The Balaban J connectivity index is 1.57. The summed E-state index contributed by atoms with van der Waals surface area (Å²) in [6.07, 6.45) is 0.761. The summed E-state index contributed by atoms with van der Waals surface area (Å²) in [5.74, 6) is -0.203. The van der Waals surface area contributed by atoms with Crippen LogP contribution in [0.25, 0.3) is 0 Å². The van der Waals surface area contributed by atoms with Crippen molar-refractivity contribution >= 4 is 29.1 Å². The number of carbonyl (C=O) groups is 2. The molecule has 1 atom stereocenters. The van der Waals surface area contributed by atoms with Gasteiger partial charge in [-0.05, 0) is 42.3 Å². The molecule has 0 saturated carbocycles. The molecule has 1 fully saturated rings. The van der Waals surface area contributed by atoms with Crippen LogP contribution in [0.15, 0.2) is 36.4 Å². The number of nitrogens with one attached hydrogen (secondary N) is 1. The fraction of sp³-hybridized carbons (Fsp3) is 0.333. The van der Waals surface area contributed by atoms with Crippen molar-refractivity contribution in [3.05, 3.63) is 52.8 Å². The fourth-order valence-electron chi connectivity index (χ4n) is 3.28. The van der Waals surface area contributed by atoms with Crippen LogP contribution in [0.1, 0.15) is 12.0 Å². The number of benzene rings is 2. The van der Waals surface area contributed by atoms with Gasteiger partial charge in [0.15, 0.2) is 11.5 Å². The molecular formula is C21H22ClFN2O4. The van der Waals surface area contributed by atoms with Crippen molar-refractivity contribution in [2.24, 2.45) is 5.92 Å². The number of anilines is 1. The molecule has 0 bridgehead atoms. The number of halogens is 2. The lowest BCUT2D eigenvalue weighted by atomic mass is 10.1. The topological polar surface area (TPSA) is 67.9 Å². The summed E-state index contributed by atoms with van der Waals surface area (Å²) in [5.41, 5.74) is 1.31. The molecule has 0 aliphatic carbocycles. The lowest BCUT2D eigenvalue weighted by molar-refractivity contribution is -0.128. The van der Waals surface area contributed by atoms with Gasteiger partial charge in [0.1, 0.15) is 5.82 Å². The molecule has 0 radical (unpaired) electrons. The number of rotatable bonds is 7. The first-order chi connectivity index (χ1) is 13.9. The third kappa shape index (κ3) is 4.98. The van der Waals surface area contributed by atoms with Crippen LogP contribution >= 0.6 is 11.6 Å². The zero-order valence-corrected chi connectivity index (χ0v) is 17.0. The van der Waals surface area contributed by atoms with Crippen LogP contribution in [0.5, 0.6) is 11.5 Å². The van der Waals surface area contributed by atoms with Gasteiger partial charge in [0, 0.05) is 25.2 Å². The van der Waals surface area contributed by atoms with Crippen molar-refractivity contribution in [1.29, 1.82) is 0 Å². The van der Waals surface area contributed by atoms with E-state index in [1.54, 1.807) is 19.1 Å². The van der Waals surface area contributed by atoms with E-state index in [0.29, 0.717) is 36.7 Å². The number of amides is 2. The third-order valence-corrected chi connectivity index (χ3v) is 5.20. The average molecular weight is 421 g/mol. The molecule has 1 N–H and O–H groups in total. The van der Waals surface area contributed by atoms with Crippen molar-refractivity contribution in [2.45, 2.75) is 12.8 Å². The minimum atomic E-state index is -0.608. The molecular weight excluding hydrogens is 399 g/mol. The van der Waals surface area contributed by atoms with E-state index in [1.165, 1.54) is 12.1 Å². The van der Waals surface area contributed by atoms with Gasteiger partial charge in [-0.1, -0.05) is 17.7 Å². The molecule has 0 spiro atoms. The summed E-state index contributed by atoms with van der Waals surface area (Å²) in [6.45, 7) is 0.821. The van der Waals surface area contributed by atoms with E-state index in [9.17, 15) is 14.0 Å². The Kier molecular flexibility index (Phi) is 6.59. The predicted octanol–water partition coefficient (Wildman–Crippen LogP) is 3.53. The van der Waals surface area contributed by atoms with Gasteiger partial charge < -0.3 is 19.7 Å². The summed E-state index contributed by atoms with van der Waals surface area (Å²) in [5, 5.41) is 2.63. The van der Waals surface area contributed by atoms with E-state index in [1.807, 2.05) is 18.2 Å². The third-order valence-electron chi connectivity index (χ3n) is 4.89. The van der Waals surface area contributed by atoms with Crippen LogP contribution in [-0.2, 0) is 16.0 Å². The SMILES string of the molecule is COc1ccc(CCN2CC(C(=O)Nc3ccc(Cl)c(F)c3)CC2=O)cc1OC. The quantitative estimate of drug-likeness (QED) is 0.744. The molecule has 2 amide bonds. The van der Waals surface area contributed by atoms with Crippen molar-refractivity contribution in [3.63, 3.8) is 0 Å². The van der Waals surface area contributed by atoms with Crippen molar-refractivity contribution in [2.75, 3.05) is 32.6 Å². The normalized spacial score (nSPS) is 16.1. The van der Waals surface area contributed by atoms with Crippen LogP contribution in [-0.4, -0.2) is 44.0 Å². The van der Waals surface area contributed by atoms with Gasteiger partial charge in [-0.2, -0.15) is 0 Å². The summed E-state index contributed by atoms with van der Waals surface area (Å²) < 4.78 is 24.1. The number of ether oxygens (including phenoxy) is 2. The highest BCUT2D eigenvalue weighted by molar-refractivity contribution is 6.30. The van der Waals surface area contributed by atoms with Crippen LogP contribution < -0.4 is 14.8 Å². The first kappa shape index (κ1) is 20.9. The summed E-state index contributed by atoms with van der Waals surface area (Å²) in [4.78, 5) is 26.4. The molecule has 1 unspecified atom stereocenters. The Bertz CT molecular complexity index is 922. The zero-order chi connectivity index (χ0) is 21.0. The van der Waals surface area contributed by atoms with Crippen molar-refractivity contribution in [1.82, 2.24) is 4.90 Å². The average Bonchev–Trinajstić information content (AvgIpc) is 3.09. The number of hydrogen-bond acceptors (Lipinski definition) is 4. The molecule has 8 heteroatoms. The smallest absolute Gasteiger partial charge is 0.229 e. The van der Waals surface area contributed by atoms with Crippen LogP contribution in [0, 0.1) is 11.7 Å². The van der Waals surface area contributed by atoms with Crippen LogP contribution in [0.2, 0.25) is 5.02 Å². The summed E-state index contributed by atoms with van der Waals surface area (Å²) in [7, 11) is 3.14. The maximum absolute atomic E-state index is 13.5. The minimum absolute atomic E-state index is 0.0135. The second-order valence-corrected chi connectivity index (χ2v) is 7.21. The van der Waals surface area contributed by atoms with Crippen molar-refractivity contribution in [3.8, 4) is 11.5 Å². The van der Waals surface area contributed by atoms with Gasteiger partial charge in [0.05, 0.1) is 25.2 Å². The number of likely N-dealkylation sites (tertiary alicyclic amines) is 1. The van der Waals surface area contributed by atoms with E-state index >= 15 is 0 Å². The lowest BCUT2D eigenvalue weighted by Crippen LogP contribution is -2.30. The van der Waals surface area contributed by atoms with Gasteiger partial charge in [-0.25, -0.2) is 4.39 Å². The van der Waals surface area contributed by atoms with Gasteiger partial charge in [-0.3, -0.25) is 9.59 Å². The molecule has 29 heavy (non-hydrogen) atoms. The fourth-order valence-corrected chi connectivity index (χ4v) is 3.40. The second-order valence-electron chi connectivity index (χ2n) is 6.80. The molecule has 154 valence electrons. The Morgan fingerprint density at radius 1 is 1.21 bits per heavy atom. The number of nitrogens with zero attached hydrogens (tertiary/aromatic N) is 1. The number of hydrogen-bond donors (Lipinski definition) is 1. The standard InChI is InChI=1S/C21H22ClFN2O4/c1-28-18-6-3-13(9-19(18)29-2)7-8-25-12-14(10-20(25)26)21(27)24-15-4-5-16(22)17(23)11-15/h3-6,9,11,14H,7-8,10,12H2,1-2H3,(H,24,27). The summed E-state index contributed by atoms with van der Waals surface area (Å²) >= 11 is 5.65. The highest BCUT2D eigenvalue weighted by atomic mass is 35.5. The maximum atomic E-state index is 13.5. The van der Waals surface area contributed by atoms with Crippen LogP contribution in [0.3, 0.4) is 0 Å². The summed E-state index contributed by atoms with van der Waals surface area (Å²) in [6, 6.07) is 9.67. The highest BCUT2D eigenvalue weighted by Gasteiger charge is 2.34. The molecule has 1 aliphatic rings. The highest BCUT2D eigenvalue weighted by Crippen LogP contribution is 2.28. The van der Waals surface area contributed by atoms with E-state index in [4.69, 9.17) is 21.1 Å². The van der Waals surface area contributed by atoms with E-state index in [0.717, 1.165) is 11.6 Å². The Morgan fingerprint density at radius 3 is 2.66 bits per heavy atom. The molecule has 6 nitrogen and oxygen atoms in total. The largest absolute Gasteiger partial charge is 0.493 e. The first-order valence-corrected chi connectivity index (χ1v) is 9.53. The zero-order valence-electron chi connectivity index (χ0n) is 16.2. The Morgan fingerprint density at radius 2 is 1.97 bits per heavy atom. The van der Waals surface area contributed by atoms with Crippen molar-refractivity contribution < 1.29 is 23.5 Å². The van der Waals surface area contributed by atoms with Gasteiger partial charge in [0.25, 0.3) is 0 Å². The van der Waals surface area contributed by atoms with E-state index in [2.05, 4.69) is 5.32 Å². The minimum Gasteiger partial charge on any atom is -0.493 e. The molecule has 3 rings (SSSR count). The second kappa shape index (κ2) is 9.13. The molecule has 1 heterocycles. The molecule has 1 saturated heterocycles. The Labute approximate surface area is 173 Å². The lowest BCUT2D eigenvalue weighted by Gasteiger charge is -2.17. The monoisotopic (exact) mass is 420 g/mol.